The van der Waals surface area contributed by atoms with E-state index in [0.717, 1.165) is 11.1 Å². The van der Waals surface area contributed by atoms with Gasteiger partial charge in [0.15, 0.2) is 0 Å². The molecule has 0 aromatic heterocycles. The van der Waals surface area contributed by atoms with Gasteiger partial charge in [-0.15, -0.1) is 5.23 Å². The van der Waals surface area contributed by atoms with Gasteiger partial charge in [-0.25, -0.2) is 0 Å². The molecule has 0 aliphatic heterocycles. The zero-order chi connectivity index (χ0) is 13.8. The molecule has 0 spiro atoms. The number of benzene rings is 2. The van der Waals surface area contributed by atoms with E-state index in [1.165, 1.54) is 0 Å². The highest BCUT2D eigenvalue weighted by Gasteiger charge is 2.13. The van der Waals surface area contributed by atoms with Gasteiger partial charge in [0, 0.05) is 0 Å². The Morgan fingerprint density at radius 2 is 1.47 bits per heavy atom. The standard InChI is InChI=1S/C14H15NO4/c1-18-12-7-4-8-13(19-2)14(12)10-5-3-6-11(9-10)15(16)17/h3-9,16-17H,1-2H3. The van der Waals surface area contributed by atoms with Crippen molar-refractivity contribution in [2.75, 3.05) is 19.4 Å². The minimum atomic E-state index is 0.0748. The summed E-state index contributed by atoms with van der Waals surface area (Å²) in [7, 11) is 3.15. The highest BCUT2D eigenvalue weighted by atomic mass is 16.8. The molecule has 0 amide bonds. The van der Waals surface area contributed by atoms with Crippen molar-refractivity contribution < 1.29 is 19.9 Å². The van der Waals surface area contributed by atoms with Crippen LogP contribution in [0.3, 0.4) is 0 Å². The first kappa shape index (κ1) is 13.2. The van der Waals surface area contributed by atoms with Crippen molar-refractivity contribution in [3.05, 3.63) is 42.5 Å². The van der Waals surface area contributed by atoms with Gasteiger partial charge in [-0.3, -0.25) is 10.4 Å². The Kier molecular flexibility index (Phi) is 3.89. The minimum Gasteiger partial charge on any atom is -0.496 e. The summed E-state index contributed by atoms with van der Waals surface area (Å²) in [6, 6.07) is 12.2. The topological polar surface area (TPSA) is 62.2 Å². The van der Waals surface area contributed by atoms with E-state index in [9.17, 15) is 0 Å². The second kappa shape index (κ2) is 5.60. The van der Waals surface area contributed by atoms with Crippen molar-refractivity contribution in [3.63, 3.8) is 0 Å². The van der Waals surface area contributed by atoms with E-state index in [1.807, 2.05) is 24.3 Å². The summed E-state index contributed by atoms with van der Waals surface area (Å²) in [5, 5.41) is 18.2. The number of methoxy groups -OCH3 is 2. The Labute approximate surface area is 111 Å². The smallest absolute Gasteiger partial charge is 0.130 e. The normalized spacial score (nSPS) is 10.1. The van der Waals surface area contributed by atoms with Crippen LogP contribution in [0.2, 0.25) is 0 Å². The van der Waals surface area contributed by atoms with Crippen molar-refractivity contribution in [1.29, 1.82) is 0 Å². The summed E-state index contributed by atoms with van der Waals surface area (Å²) < 4.78 is 10.6. The lowest BCUT2D eigenvalue weighted by Crippen LogP contribution is -2.10. The summed E-state index contributed by atoms with van der Waals surface area (Å²) >= 11 is 0. The fourth-order valence-electron chi connectivity index (χ4n) is 1.92. The van der Waals surface area contributed by atoms with Crippen LogP contribution in [0.5, 0.6) is 11.5 Å². The van der Waals surface area contributed by atoms with E-state index in [0.29, 0.717) is 11.5 Å². The Bertz CT molecular complexity index is 547. The number of ether oxygens (including phenoxy) is 2. The fourth-order valence-corrected chi connectivity index (χ4v) is 1.92. The number of rotatable bonds is 4. The van der Waals surface area contributed by atoms with Gasteiger partial charge < -0.3 is 9.47 Å². The van der Waals surface area contributed by atoms with Crippen LogP contribution in [0.15, 0.2) is 42.5 Å². The highest BCUT2D eigenvalue weighted by Crippen LogP contribution is 2.39. The second-order valence-electron chi connectivity index (χ2n) is 3.88. The van der Waals surface area contributed by atoms with Gasteiger partial charge in [0.1, 0.15) is 11.5 Å². The Hall–Kier alpha value is -2.24. The third-order valence-electron chi connectivity index (χ3n) is 2.79. The van der Waals surface area contributed by atoms with Crippen molar-refractivity contribution in [2.24, 2.45) is 0 Å². The molecule has 2 N–H and O–H groups in total. The van der Waals surface area contributed by atoms with Gasteiger partial charge in [0.25, 0.3) is 0 Å². The molecule has 0 saturated carbocycles. The summed E-state index contributed by atoms with van der Waals surface area (Å²) in [5.41, 5.74) is 1.78. The van der Waals surface area contributed by atoms with Crippen LogP contribution in [0, 0.1) is 0 Å². The van der Waals surface area contributed by atoms with Gasteiger partial charge >= 0.3 is 0 Å². The third kappa shape index (κ3) is 2.62. The molecule has 0 aliphatic carbocycles. The summed E-state index contributed by atoms with van der Waals surface area (Å²) in [6.07, 6.45) is 0. The largest absolute Gasteiger partial charge is 0.496 e. The second-order valence-corrected chi connectivity index (χ2v) is 3.88. The molecule has 2 rings (SSSR count). The van der Waals surface area contributed by atoms with E-state index in [1.54, 1.807) is 32.4 Å². The molecule has 19 heavy (non-hydrogen) atoms. The van der Waals surface area contributed by atoms with E-state index in [4.69, 9.17) is 19.9 Å². The fraction of sp³-hybridized carbons (Fsp3) is 0.143. The predicted octanol–water partition coefficient (Wildman–Crippen LogP) is 2.96. The first-order chi connectivity index (χ1) is 9.17. The van der Waals surface area contributed by atoms with Crippen molar-refractivity contribution in [1.82, 2.24) is 0 Å². The van der Waals surface area contributed by atoms with Crippen molar-refractivity contribution in [2.45, 2.75) is 0 Å². The van der Waals surface area contributed by atoms with E-state index < -0.39 is 0 Å². The van der Waals surface area contributed by atoms with Crippen LogP contribution in [-0.4, -0.2) is 24.6 Å². The number of anilines is 1. The van der Waals surface area contributed by atoms with Crippen LogP contribution in [0.1, 0.15) is 0 Å². The molecule has 0 aliphatic rings. The molecule has 0 unspecified atom stereocenters. The maximum atomic E-state index is 9.07. The summed E-state index contributed by atoms with van der Waals surface area (Å²) in [4.78, 5) is 0. The van der Waals surface area contributed by atoms with Gasteiger partial charge in [-0.05, 0) is 29.8 Å². The first-order valence-corrected chi connectivity index (χ1v) is 5.66. The number of hydrogen-bond donors (Lipinski definition) is 2. The number of hydrogen-bond acceptors (Lipinski definition) is 5. The number of nitrogens with zero attached hydrogens (tertiary/aromatic N) is 1. The van der Waals surface area contributed by atoms with Crippen molar-refractivity contribution in [3.8, 4) is 22.6 Å². The third-order valence-corrected chi connectivity index (χ3v) is 2.79. The lowest BCUT2D eigenvalue weighted by molar-refractivity contribution is 0.0292. The van der Waals surface area contributed by atoms with Crippen LogP contribution in [0.25, 0.3) is 11.1 Å². The molecule has 0 fully saturated rings. The maximum Gasteiger partial charge on any atom is 0.130 e. The van der Waals surface area contributed by atoms with Crippen LogP contribution < -0.4 is 14.7 Å². The quantitative estimate of drug-likeness (QED) is 0.828. The molecule has 2 aromatic rings. The minimum absolute atomic E-state index is 0.0748. The van der Waals surface area contributed by atoms with Crippen LogP contribution in [0.4, 0.5) is 5.69 Å². The van der Waals surface area contributed by atoms with E-state index in [2.05, 4.69) is 0 Å². The average molecular weight is 261 g/mol. The zero-order valence-electron chi connectivity index (χ0n) is 10.7. The lowest BCUT2D eigenvalue weighted by Gasteiger charge is -2.15. The van der Waals surface area contributed by atoms with E-state index >= 15 is 0 Å². The molecule has 0 heterocycles. The molecule has 5 nitrogen and oxygen atoms in total. The molecule has 2 aromatic carbocycles. The van der Waals surface area contributed by atoms with Gasteiger partial charge in [-0.2, -0.15) is 0 Å². The predicted molar refractivity (Wildman–Crippen MR) is 71.0 cm³/mol. The van der Waals surface area contributed by atoms with Gasteiger partial charge in [-0.1, -0.05) is 18.2 Å². The molecule has 0 bridgehead atoms. The van der Waals surface area contributed by atoms with E-state index in [-0.39, 0.29) is 10.9 Å². The Morgan fingerprint density at radius 3 is 2.00 bits per heavy atom. The summed E-state index contributed by atoms with van der Waals surface area (Å²) in [6.45, 7) is 0. The Morgan fingerprint density at radius 1 is 0.895 bits per heavy atom. The molecular formula is C14H15NO4. The van der Waals surface area contributed by atoms with Crippen LogP contribution in [-0.2, 0) is 0 Å². The van der Waals surface area contributed by atoms with Crippen molar-refractivity contribution >= 4 is 5.69 Å². The molecule has 5 heteroatoms. The lowest BCUT2D eigenvalue weighted by atomic mass is 10.0. The molecule has 0 radical (unpaired) electrons. The Balaban J connectivity index is 2.60. The molecule has 0 saturated heterocycles. The molecule has 0 atom stereocenters. The molecule has 100 valence electrons. The first-order valence-electron chi connectivity index (χ1n) is 5.66. The monoisotopic (exact) mass is 261 g/mol. The maximum absolute atomic E-state index is 9.07. The molecular weight excluding hydrogens is 246 g/mol. The SMILES string of the molecule is COc1cccc(OC)c1-c1cccc(N(O)O)c1. The zero-order valence-corrected chi connectivity index (χ0v) is 10.7. The highest BCUT2D eigenvalue weighted by molar-refractivity contribution is 5.78. The average Bonchev–Trinajstić information content (AvgIpc) is 2.46. The summed E-state index contributed by atoms with van der Waals surface area (Å²) in [5.74, 6) is 1.30. The van der Waals surface area contributed by atoms with Gasteiger partial charge in [0.2, 0.25) is 0 Å². The van der Waals surface area contributed by atoms with Gasteiger partial charge in [0.05, 0.1) is 25.5 Å². The van der Waals surface area contributed by atoms with Crippen LogP contribution >= 0.6 is 0 Å².